The molecule has 0 radical (unpaired) electrons. The molecule has 0 amide bonds. The molecule has 7 rings (SSSR count). The third-order valence-electron chi connectivity index (χ3n) is 10.7. The van der Waals surface area contributed by atoms with Gasteiger partial charge in [-0.15, -0.1) is 0 Å². The minimum Gasteiger partial charge on any atom is -0.356 e. The fraction of sp³-hybridized carbons (Fsp3) is 0.222. The van der Waals surface area contributed by atoms with Gasteiger partial charge in [0, 0.05) is 34.1 Å². The van der Waals surface area contributed by atoms with Gasteiger partial charge in [-0.05, 0) is 157 Å². The number of benzene rings is 7. The van der Waals surface area contributed by atoms with Crippen molar-refractivity contribution in [1.82, 2.24) is 0 Å². The van der Waals surface area contributed by atoms with Gasteiger partial charge in [0.1, 0.15) is 0 Å². The maximum absolute atomic E-state index is 3.59. The Hall–Kier alpha value is -6.06. The second-order valence-corrected chi connectivity index (χ2v) is 18.4. The van der Waals surface area contributed by atoms with Gasteiger partial charge < -0.3 is 16.0 Å². The van der Waals surface area contributed by atoms with Gasteiger partial charge in [0.15, 0.2) is 0 Å². The van der Waals surface area contributed by atoms with Crippen LogP contribution in [-0.2, 0) is 16.2 Å². The summed E-state index contributed by atoms with van der Waals surface area (Å²) in [6.07, 6.45) is 0. The first kappa shape index (κ1) is 39.2. The van der Waals surface area contributed by atoms with Crippen LogP contribution in [0.4, 0.5) is 34.1 Å². The highest BCUT2D eigenvalue weighted by Crippen LogP contribution is 2.36. The van der Waals surface area contributed by atoms with E-state index in [1.807, 2.05) is 0 Å². The lowest BCUT2D eigenvalue weighted by atomic mass is 9.87. The zero-order chi connectivity index (χ0) is 40.4. The molecule has 0 spiro atoms. The molecule has 7 aromatic carbocycles. The molecule has 0 fully saturated rings. The van der Waals surface area contributed by atoms with E-state index in [0.717, 1.165) is 34.1 Å². The summed E-state index contributed by atoms with van der Waals surface area (Å²) in [7, 11) is 0. The van der Waals surface area contributed by atoms with Crippen molar-refractivity contribution >= 4 is 34.1 Å². The molecule has 0 aliphatic rings. The van der Waals surface area contributed by atoms with Gasteiger partial charge in [0.05, 0.1) is 0 Å². The summed E-state index contributed by atoms with van der Waals surface area (Å²) in [6, 6.07) is 59.5. The molecule has 288 valence electrons. The van der Waals surface area contributed by atoms with Crippen LogP contribution in [0.25, 0.3) is 33.4 Å². The molecular weight excluding hydrogens is 691 g/mol. The monoisotopic (exact) mass is 747 g/mol. The van der Waals surface area contributed by atoms with E-state index in [1.165, 1.54) is 50.1 Å². The molecule has 0 bridgehead atoms. The van der Waals surface area contributed by atoms with Crippen molar-refractivity contribution < 1.29 is 0 Å². The molecule has 3 N–H and O–H groups in total. The van der Waals surface area contributed by atoms with Crippen molar-refractivity contribution in [1.29, 1.82) is 0 Å². The highest BCUT2D eigenvalue weighted by Gasteiger charge is 2.15. The zero-order valence-electron chi connectivity index (χ0n) is 35.1. The number of nitrogens with one attached hydrogen (secondary N) is 3. The SMILES string of the molecule is CC(C)(C)c1ccc(Nc2ccc(-c3cc(-c4ccc(Nc5ccc(C(C)(C)C)cc5)cc4)cc(-c4ccc(Nc5ccc(C(C)(C)C)cc5)cc4)c3)cc2)cc1. The normalized spacial score (nSPS) is 11.9. The second kappa shape index (κ2) is 15.8. The summed E-state index contributed by atoms with van der Waals surface area (Å²) in [5.41, 5.74) is 17.8. The van der Waals surface area contributed by atoms with Crippen LogP contribution >= 0.6 is 0 Å². The summed E-state index contributed by atoms with van der Waals surface area (Å²) in [6.45, 7) is 20.2. The Balaban J connectivity index is 1.16. The molecule has 0 atom stereocenters. The predicted octanol–water partition coefficient (Wildman–Crippen LogP) is 15.8. The third-order valence-corrected chi connectivity index (χ3v) is 10.7. The van der Waals surface area contributed by atoms with E-state index in [0.29, 0.717) is 0 Å². The van der Waals surface area contributed by atoms with E-state index >= 15 is 0 Å². The lowest BCUT2D eigenvalue weighted by Crippen LogP contribution is -2.10. The summed E-state index contributed by atoms with van der Waals surface area (Å²) in [5.74, 6) is 0. The molecule has 0 aliphatic heterocycles. The van der Waals surface area contributed by atoms with E-state index in [1.54, 1.807) is 0 Å². The van der Waals surface area contributed by atoms with Crippen LogP contribution in [0.1, 0.15) is 79.0 Å². The maximum atomic E-state index is 3.59. The molecule has 0 heterocycles. The fourth-order valence-corrected chi connectivity index (χ4v) is 7.03. The maximum Gasteiger partial charge on any atom is 0.0384 e. The first-order valence-corrected chi connectivity index (χ1v) is 20.2. The molecule has 3 nitrogen and oxygen atoms in total. The lowest BCUT2D eigenvalue weighted by Gasteiger charge is -2.19. The van der Waals surface area contributed by atoms with Crippen molar-refractivity contribution in [2.24, 2.45) is 0 Å². The Kier molecular flexibility index (Phi) is 10.9. The third kappa shape index (κ3) is 9.85. The number of hydrogen-bond donors (Lipinski definition) is 3. The van der Waals surface area contributed by atoms with Crippen LogP contribution in [0.15, 0.2) is 164 Å². The van der Waals surface area contributed by atoms with E-state index in [9.17, 15) is 0 Å². The van der Waals surface area contributed by atoms with Crippen LogP contribution in [0.2, 0.25) is 0 Å². The van der Waals surface area contributed by atoms with Crippen molar-refractivity contribution in [3.05, 3.63) is 180 Å². The van der Waals surface area contributed by atoms with Crippen LogP contribution in [-0.4, -0.2) is 0 Å². The minimum absolute atomic E-state index is 0.128. The second-order valence-electron chi connectivity index (χ2n) is 18.4. The Morgan fingerprint density at radius 1 is 0.228 bits per heavy atom. The van der Waals surface area contributed by atoms with Crippen molar-refractivity contribution in [2.75, 3.05) is 16.0 Å². The Labute approximate surface area is 341 Å². The van der Waals surface area contributed by atoms with Gasteiger partial charge in [0.25, 0.3) is 0 Å². The number of rotatable bonds is 9. The smallest absolute Gasteiger partial charge is 0.0384 e. The van der Waals surface area contributed by atoms with Crippen molar-refractivity contribution in [3.63, 3.8) is 0 Å². The summed E-state index contributed by atoms with van der Waals surface area (Å²) < 4.78 is 0. The molecule has 0 saturated heterocycles. The Morgan fingerprint density at radius 3 is 0.579 bits per heavy atom. The lowest BCUT2D eigenvalue weighted by molar-refractivity contribution is 0.590. The zero-order valence-corrected chi connectivity index (χ0v) is 35.1. The van der Waals surface area contributed by atoms with Gasteiger partial charge in [-0.3, -0.25) is 0 Å². The minimum atomic E-state index is 0.128. The van der Waals surface area contributed by atoms with Crippen LogP contribution in [0.5, 0.6) is 0 Å². The largest absolute Gasteiger partial charge is 0.356 e. The molecular formula is C54H57N3. The summed E-state index contributed by atoms with van der Waals surface area (Å²) in [5, 5.41) is 10.8. The molecule has 0 aliphatic carbocycles. The first-order chi connectivity index (χ1) is 27.1. The molecule has 3 heteroatoms. The quantitative estimate of drug-likeness (QED) is 0.138. The van der Waals surface area contributed by atoms with Crippen LogP contribution in [0, 0.1) is 0 Å². The van der Waals surface area contributed by atoms with E-state index in [-0.39, 0.29) is 16.2 Å². The van der Waals surface area contributed by atoms with Gasteiger partial charge in [-0.1, -0.05) is 135 Å². The van der Waals surface area contributed by atoms with E-state index in [2.05, 4.69) is 242 Å². The molecule has 0 saturated carbocycles. The molecule has 0 aromatic heterocycles. The fourth-order valence-electron chi connectivity index (χ4n) is 7.03. The topological polar surface area (TPSA) is 36.1 Å². The predicted molar refractivity (Wildman–Crippen MR) is 248 cm³/mol. The van der Waals surface area contributed by atoms with Gasteiger partial charge in [-0.25, -0.2) is 0 Å². The van der Waals surface area contributed by atoms with Gasteiger partial charge in [0.2, 0.25) is 0 Å². The van der Waals surface area contributed by atoms with Crippen molar-refractivity contribution in [2.45, 2.75) is 78.6 Å². The molecule has 7 aromatic rings. The van der Waals surface area contributed by atoms with Gasteiger partial charge >= 0.3 is 0 Å². The van der Waals surface area contributed by atoms with Crippen LogP contribution < -0.4 is 16.0 Å². The summed E-state index contributed by atoms with van der Waals surface area (Å²) >= 11 is 0. The standard InChI is InChI=1S/C54H57N3/c1-52(2,3)43-16-28-49(29-17-43)55-46-22-10-37(11-23-46)40-34-41(38-12-24-47(25-13-38)56-50-30-18-44(19-31-50)53(4,5)6)36-42(35-40)39-14-26-48(27-15-39)57-51-32-20-45(21-33-51)54(7,8)9/h10-36,55-57H,1-9H3. The van der Waals surface area contributed by atoms with Gasteiger partial charge in [-0.2, -0.15) is 0 Å². The van der Waals surface area contributed by atoms with E-state index < -0.39 is 0 Å². The van der Waals surface area contributed by atoms with E-state index in [4.69, 9.17) is 0 Å². The molecule has 57 heavy (non-hydrogen) atoms. The summed E-state index contributed by atoms with van der Waals surface area (Å²) in [4.78, 5) is 0. The first-order valence-electron chi connectivity index (χ1n) is 20.2. The Bertz CT molecular complexity index is 2110. The number of hydrogen-bond acceptors (Lipinski definition) is 3. The highest BCUT2D eigenvalue weighted by molar-refractivity contribution is 5.83. The van der Waals surface area contributed by atoms with Crippen LogP contribution in [0.3, 0.4) is 0 Å². The average molecular weight is 748 g/mol. The molecule has 0 unspecified atom stereocenters. The highest BCUT2D eigenvalue weighted by atomic mass is 14.9. The number of anilines is 6. The van der Waals surface area contributed by atoms with Crippen molar-refractivity contribution in [3.8, 4) is 33.4 Å². The Morgan fingerprint density at radius 2 is 0.404 bits per heavy atom. The average Bonchev–Trinajstić information content (AvgIpc) is 3.18.